The summed E-state index contributed by atoms with van der Waals surface area (Å²) in [7, 11) is -4.89. The molecule has 0 aromatic carbocycles. The number of carbonyl (C=O) groups excluding carboxylic acids is 1. The first-order valence-corrected chi connectivity index (χ1v) is 7.95. The molecule has 10 nitrogen and oxygen atoms in total. The number of nitrogens with zero attached hydrogens (tertiary/aromatic N) is 1. The molecule has 0 spiro atoms. The SMILES string of the molecule is CCN(CC)C1CC(C(O)C(=O)[O-])C1C.N.N.O=P([O-])(O)O.[Pt+2]. The van der Waals surface area contributed by atoms with Crippen LogP contribution < -0.4 is 22.3 Å². The van der Waals surface area contributed by atoms with Crippen LogP contribution in [-0.4, -0.2) is 51.0 Å². The summed E-state index contributed by atoms with van der Waals surface area (Å²) in [5.74, 6) is -1.25. The maximum absolute atomic E-state index is 10.5. The molecule has 144 valence electrons. The molecule has 1 aliphatic rings. The van der Waals surface area contributed by atoms with E-state index in [9.17, 15) is 15.0 Å². The van der Waals surface area contributed by atoms with Crippen molar-refractivity contribution in [3.63, 3.8) is 0 Å². The van der Waals surface area contributed by atoms with Gasteiger partial charge in [-0.05, 0) is 31.3 Å². The van der Waals surface area contributed by atoms with Gasteiger partial charge in [0.2, 0.25) is 0 Å². The van der Waals surface area contributed by atoms with Gasteiger partial charge in [0, 0.05) is 6.04 Å². The van der Waals surface area contributed by atoms with Crippen molar-refractivity contribution in [1.29, 1.82) is 0 Å². The van der Waals surface area contributed by atoms with Gasteiger partial charge in [0.15, 0.2) is 0 Å². The molecule has 12 heteroatoms. The number of aliphatic hydroxyl groups is 1. The van der Waals surface area contributed by atoms with Gasteiger partial charge in [0.1, 0.15) is 0 Å². The number of aliphatic hydroxyl groups excluding tert-OH is 1. The number of carboxylic acid groups (broad SMARTS) is 1. The first kappa shape index (κ1) is 30.9. The van der Waals surface area contributed by atoms with Gasteiger partial charge in [0.25, 0.3) is 7.82 Å². The minimum absolute atomic E-state index is 0. The zero-order valence-corrected chi connectivity index (χ0v) is 16.7. The van der Waals surface area contributed by atoms with Crippen molar-refractivity contribution in [3.8, 4) is 0 Å². The fourth-order valence-corrected chi connectivity index (χ4v) is 2.56. The molecular formula is C11H28N3O7PPt. The van der Waals surface area contributed by atoms with Gasteiger partial charge in [-0.2, -0.15) is 0 Å². The molecule has 1 rings (SSSR count). The quantitative estimate of drug-likeness (QED) is 0.247. The first-order valence-electron chi connectivity index (χ1n) is 6.42. The minimum atomic E-state index is -4.89. The summed E-state index contributed by atoms with van der Waals surface area (Å²) in [6.45, 7) is 8.14. The third-order valence-electron chi connectivity index (χ3n) is 3.72. The Hall–Kier alpha value is 0.108. The van der Waals surface area contributed by atoms with Crippen molar-refractivity contribution in [2.24, 2.45) is 11.8 Å². The number of carbonyl (C=O) groups is 1. The number of hydrogen-bond acceptors (Lipinski definition) is 8. The Balaban J connectivity index is -0.000000199. The Morgan fingerprint density at radius 3 is 1.87 bits per heavy atom. The molecule has 0 heterocycles. The van der Waals surface area contributed by atoms with Crippen molar-refractivity contribution in [2.45, 2.75) is 39.3 Å². The average Bonchev–Trinajstić information content (AvgIpc) is 2.30. The molecule has 1 saturated carbocycles. The smallest absolute Gasteiger partial charge is 0.756 e. The number of rotatable bonds is 5. The Morgan fingerprint density at radius 1 is 1.30 bits per heavy atom. The first-order chi connectivity index (χ1) is 9.02. The topological polar surface area (TPSA) is 214 Å². The van der Waals surface area contributed by atoms with E-state index in [1.54, 1.807) is 0 Å². The summed E-state index contributed by atoms with van der Waals surface area (Å²) in [6, 6.07) is 0.416. The molecule has 4 atom stereocenters. The molecule has 0 saturated heterocycles. The summed E-state index contributed by atoms with van der Waals surface area (Å²) in [5, 5.41) is 19.9. The molecule has 4 unspecified atom stereocenters. The monoisotopic (exact) mass is 540 g/mol. The van der Waals surface area contributed by atoms with E-state index in [0.717, 1.165) is 19.5 Å². The third-order valence-corrected chi connectivity index (χ3v) is 3.72. The second kappa shape index (κ2) is 13.4. The standard InChI is InChI=1S/C11H21NO3.2H3N.H3O4P.Pt/c1-4-12(5-2)9-6-8(7(9)3)10(13)11(14)15;;;1-5(2,3)4;/h7-10,13H,4-6H2,1-3H3,(H,14,15);2*1H3;(H3,1,2,3,4);/q;;;;+2/p-2. The van der Waals surface area contributed by atoms with Gasteiger partial charge in [-0.15, -0.1) is 0 Å². The molecule has 23 heavy (non-hydrogen) atoms. The van der Waals surface area contributed by atoms with Crippen LogP contribution in [-0.2, 0) is 30.4 Å². The second-order valence-corrected chi connectivity index (χ2v) is 5.78. The summed E-state index contributed by atoms with van der Waals surface area (Å²) >= 11 is 0. The molecule has 0 aliphatic heterocycles. The Morgan fingerprint density at radius 2 is 1.65 bits per heavy atom. The van der Waals surface area contributed by atoms with Gasteiger partial charge in [-0.1, -0.05) is 20.8 Å². The molecule has 0 radical (unpaired) electrons. The Kier molecular flexibility index (Phi) is 18.0. The molecule has 1 aliphatic carbocycles. The molecule has 0 aromatic rings. The Labute approximate surface area is 150 Å². The second-order valence-electron chi connectivity index (χ2n) is 4.80. The van der Waals surface area contributed by atoms with E-state index in [1.165, 1.54) is 0 Å². The van der Waals surface area contributed by atoms with E-state index in [4.69, 9.17) is 19.2 Å². The van der Waals surface area contributed by atoms with Gasteiger partial charge in [-0.3, -0.25) is 4.57 Å². The molecular weight excluding hydrogens is 512 g/mol. The zero-order chi connectivity index (χ0) is 16.1. The number of aliphatic carboxylic acids is 1. The van der Waals surface area contributed by atoms with E-state index < -0.39 is 19.9 Å². The summed E-state index contributed by atoms with van der Waals surface area (Å²) in [4.78, 5) is 35.8. The minimum Gasteiger partial charge on any atom is -0.756 e. The fraction of sp³-hybridized carbons (Fsp3) is 0.909. The van der Waals surface area contributed by atoms with Crippen LogP contribution in [0.2, 0.25) is 0 Å². The Bertz CT molecular complexity index is 359. The van der Waals surface area contributed by atoms with Crippen LogP contribution in [0.4, 0.5) is 0 Å². The van der Waals surface area contributed by atoms with Crippen LogP contribution in [0.1, 0.15) is 27.2 Å². The van der Waals surface area contributed by atoms with Crippen LogP contribution in [0.25, 0.3) is 0 Å². The molecule has 1 fully saturated rings. The number of carboxylic acids is 1. The largest absolute Gasteiger partial charge is 2.00 e. The molecule has 0 aromatic heterocycles. The van der Waals surface area contributed by atoms with Crippen molar-refractivity contribution < 1.29 is 55.3 Å². The van der Waals surface area contributed by atoms with Gasteiger partial charge < -0.3 is 46.9 Å². The van der Waals surface area contributed by atoms with Crippen LogP contribution >= 0.6 is 7.82 Å². The third kappa shape index (κ3) is 11.3. The van der Waals surface area contributed by atoms with Crippen molar-refractivity contribution >= 4 is 13.8 Å². The van der Waals surface area contributed by atoms with Crippen molar-refractivity contribution in [3.05, 3.63) is 0 Å². The number of hydrogen-bond donors (Lipinski definition) is 5. The predicted octanol–water partition coefficient (Wildman–Crippen LogP) is -1.78. The zero-order valence-electron chi connectivity index (χ0n) is 13.5. The van der Waals surface area contributed by atoms with Gasteiger partial charge in [0.05, 0.1) is 12.1 Å². The normalized spacial score (nSPS) is 23.7. The van der Waals surface area contributed by atoms with E-state index in [2.05, 4.69) is 18.7 Å². The van der Waals surface area contributed by atoms with Crippen LogP contribution in [0.3, 0.4) is 0 Å². The van der Waals surface area contributed by atoms with Crippen LogP contribution in [0.5, 0.6) is 0 Å². The molecule has 0 amide bonds. The van der Waals surface area contributed by atoms with E-state index >= 15 is 0 Å². The maximum Gasteiger partial charge on any atom is 2.00 e. The summed E-state index contributed by atoms with van der Waals surface area (Å²) in [5.41, 5.74) is 0. The van der Waals surface area contributed by atoms with Crippen molar-refractivity contribution in [1.82, 2.24) is 17.2 Å². The average molecular weight is 540 g/mol. The van der Waals surface area contributed by atoms with Crippen LogP contribution in [0, 0.1) is 11.8 Å². The van der Waals surface area contributed by atoms with Gasteiger partial charge >= 0.3 is 21.1 Å². The summed E-state index contributed by atoms with van der Waals surface area (Å²) < 4.78 is 8.77. The van der Waals surface area contributed by atoms with E-state index in [0.29, 0.717) is 6.04 Å². The maximum atomic E-state index is 10.5. The van der Waals surface area contributed by atoms with Crippen molar-refractivity contribution in [2.75, 3.05) is 13.1 Å². The fourth-order valence-electron chi connectivity index (χ4n) is 2.56. The van der Waals surface area contributed by atoms with Crippen LogP contribution in [0.15, 0.2) is 0 Å². The molecule has 9 N–H and O–H groups in total. The number of phosphoric acid groups is 1. The molecule has 0 bridgehead atoms. The van der Waals surface area contributed by atoms with E-state index in [-0.39, 0.29) is 45.2 Å². The summed E-state index contributed by atoms with van der Waals surface area (Å²) in [6.07, 6.45) is -0.537. The predicted molar refractivity (Wildman–Crippen MR) is 77.1 cm³/mol. The van der Waals surface area contributed by atoms with E-state index in [1.807, 2.05) is 6.92 Å². The van der Waals surface area contributed by atoms with Gasteiger partial charge in [-0.25, -0.2) is 0 Å².